The molecule has 1 rings (SSSR count). The molecule has 0 aliphatic carbocycles. The third-order valence-electron chi connectivity index (χ3n) is 1.68. The van der Waals surface area contributed by atoms with Crippen molar-refractivity contribution < 1.29 is 4.59 Å². The maximum absolute atomic E-state index is 3.40. The maximum atomic E-state index is 3.40. The first-order chi connectivity index (χ1) is 3.71. The van der Waals surface area contributed by atoms with Gasteiger partial charge in [-0.2, -0.15) is 5.43 Å². The van der Waals surface area contributed by atoms with Gasteiger partial charge < -0.3 is 0 Å². The summed E-state index contributed by atoms with van der Waals surface area (Å²) in [5.41, 5.74) is 3.40. The summed E-state index contributed by atoms with van der Waals surface area (Å²) in [6.45, 7) is 2.47. The zero-order chi connectivity index (χ0) is 6.04. The Morgan fingerprint density at radius 3 is 2.25 bits per heavy atom. The van der Waals surface area contributed by atoms with Crippen molar-refractivity contribution in [2.45, 2.75) is 12.8 Å². The Morgan fingerprint density at radius 2 is 2.00 bits per heavy atom. The Balaban J connectivity index is 2.33. The highest BCUT2D eigenvalue weighted by atomic mass is 15.6. The van der Waals surface area contributed by atoms with Crippen LogP contribution in [0.3, 0.4) is 0 Å². The van der Waals surface area contributed by atoms with Crippen molar-refractivity contribution in [1.29, 1.82) is 0 Å². The summed E-state index contributed by atoms with van der Waals surface area (Å²) in [4.78, 5) is 0. The van der Waals surface area contributed by atoms with E-state index in [0.717, 1.165) is 4.59 Å². The second-order valence-corrected chi connectivity index (χ2v) is 3.02. The molecule has 1 aliphatic heterocycles. The normalized spacial score (nSPS) is 27.8. The lowest BCUT2D eigenvalue weighted by Crippen LogP contribution is -2.55. The van der Waals surface area contributed by atoms with Gasteiger partial charge in [0.2, 0.25) is 0 Å². The Morgan fingerprint density at radius 1 is 1.25 bits per heavy atom. The molecule has 1 fully saturated rings. The minimum Gasteiger partial charge on any atom is -0.251 e. The van der Waals surface area contributed by atoms with Crippen LogP contribution in [0.5, 0.6) is 0 Å². The fourth-order valence-electron chi connectivity index (χ4n) is 1.09. The molecule has 0 spiro atoms. The lowest BCUT2D eigenvalue weighted by molar-refractivity contribution is -0.938. The van der Waals surface area contributed by atoms with Crippen LogP contribution < -0.4 is 5.43 Å². The van der Waals surface area contributed by atoms with E-state index in [4.69, 9.17) is 0 Å². The molecule has 0 unspecified atom stereocenters. The number of hydrogen-bond donors (Lipinski definition) is 1. The van der Waals surface area contributed by atoms with Gasteiger partial charge >= 0.3 is 0 Å². The van der Waals surface area contributed by atoms with Crippen molar-refractivity contribution in [2.24, 2.45) is 0 Å². The van der Waals surface area contributed by atoms with Crippen LogP contribution in [0.1, 0.15) is 12.8 Å². The molecule has 0 aromatic rings. The van der Waals surface area contributed by atoms with Gasteiger partial charge in [0.15, 0.2) is 0 Å². The minimum atomic E-state index is 1.00. The van der Waals surface area contributed by atoms with Gasteiger partial charge in [-0.25, -0.2) is 0 Å². The van der Waals surface area contributed by atoms with Gasteiger partial charge in [0.1, 0.15) is 0 Å². The fraction of sp³-hybridized carbons (Fsp3) is 1.00. The summed E-state index contributed by atoms with van der Waals surface area (Å²) in [6, 6.07) is 0. The molecular weight excluding hydrogens is 100 g/mol. The van der Waals surface area contributed by atoms with Crippen molar-refractivity contribution in [3.63, 3.8) is 0 Å². The lowest BCUT2D eigenvalue weighted by atomic mass is 10.2. The van der Waals surface area contributed by atoms with Gasteiger partial charge in [-0.1, -0.05) is 0 Å². The van der Waals surface area contributed by atoms with Crippen LogP contribution >= 0.6 is 0 Å². The molecule has 1 N–H and O–H groups in total. The van der Waals surface area contributed by atoms with Gasteiger partial charge in [0, 0.05) is 6.54 Å². The first-order valence-corrected chi connectivity index (χ1v) is 3.29. The molecular formula is C6H15N2+. The van der Waals surface area contributed by atoms with E-state index in [1.165, 1.54) is 25.9 Å². The van der Waals surface area contributed by atoms with Crippen LogP contribution in [0.25, 0.3) is 0 Å². The van der Waals surface area contributed by atoms with Crippen molar-refractivity contribution in [3.05, 3.63) is 0 Å². The molecule has 0 bridgehead atoms. The predicted octanol–water partition coefficient (Wildman–Crippen LogP) is 0.361. The zero-order valence-electron chi connectivity index (χ0n) is 5.78. The second kappa shape index (κ2) is 2.03. The standard InChI is InChI=1S/C6H15N2/c1-8(2)6-4-3-5-7-8/h7H,3-6H2,1-2H3/q+1. The summed E-state index contributed by atoms with van der Waals surface area (Å²) in [6.07, 6.45) is 2.72. The lowest BCUT2D eigenvalue weighted by Gasteiger charge is -2.32. The number of rotatable bonds is 0. The molecule has 1 aliphatic rings. The van der Waals surface area contributed by atoms with Crippen LogP contribution in [0, 0.1) is 0 Å². The summed E-state index contributed by atoms with van der Waals surface area (Å²) < 4.78 is 1.00. The van der Waals surface area contributed by atoms with Gasteiger partial charge in [-0.3, -0.25) is 4.59 Å². The molecule has 0 aromatic heterocycles. The summed E-state index contributed by atoms with van der Waals surface area (Å²) in [5.74, 6) is 0. The molecule has 1 heterocycles. The highest BCUT2D eigenvalue weighted by Crippen LogP contribution is 2.02. The summed E-state index contributed by atoms with van der Waals surface area (Å²) >= 11 is 0. The summed E-state index contributed by atoms with van der Waals surface area (Å²) in [5, 5.41) is 0. The van der Waals surface area contributed by atoms with Crippen LogP contribution in [0.15, 0.2) is 0 Å². The molecule has 1 saturated heterocycles. The molecule has 2 heteroatoms. The van der Waals surface area contributed by atoms with E-state index in [0.29, 0.717) is 0 Å². The third kappa shape index (κ3) is 1.46. The number of quaternary nitrogens is 1. The Labute approximate surface area is 51.0 Å². The van der Waals surface area contributed by atoms with E-state index >= 15 is 0 Å². The highest BCUT2D eigenvalue weighted by molar-refractivity contribution is 4.45. The van der Waals surface area contributed by atoms with Crippen LogP contribution in [0.4, 0.5) is 0 Å². The molecule has 0 saturated carbocycles. The van der Waals surface area contributed by atoms with E-state index in [1.807, 2.05) is 0 Å². The number of hydrogen-bond acceptors (Lipinski definition) is 1. The van der Waals surface area contributed by atoms with E-state index in [2.05, 4.69) is 19.5 Å². The molecule has 0 radical (unpaired) electrons. The number of nitrogens with one attached hydrogen (secondary N) is 1. The minimum absolute atomic E-state index is 1.00. The van der Waals surface area contributed by atoms with Gasteiger partial charge in [0.05, 0.1) is 20.6 Å². The second-order valence-electron chi connectivity index (χ2n) is 3.02. The Kier molecular flexibility index (Phi) is 1.54. The Hall–Kier alpha value is -0.0800. The first kappa shape index (κ1) is 6.05. The average molecular weight is 115 g/mol. The van der Waals surface area contributed by atoms with E-state index in [1.54, 1.807) is 0 Å². The largest absolute Gasteiger partial charge is 0.251 e. The zero-order valence-corrected chi connectivity index (χ0v) is 5.78. The molecule has 0 atom stereocenters. The SMILES string of the molecule is C[N+]1(C)CCCCN1. The van der Waals surface area contributed by atoms with Crippen LogP contribution in [0.2, 0.25) is 0 Å². The van der Waals surface area contributed by atoms with Crippen molar-refractivity contribution >= 4 is 0 Å². The smallest absolute Gasteiger partial charge is 0.0958 e. The molecule has 0 aromatic carbocycles. The summed E-state index contributed by atoms with van der Waals surface area (Å²) in [7, 11) is 4.42. The van der Waals surface area contributed by atoms with E-state index < -0.39 is 0 Å². The fourth-order valence-corrected chi connectivity index (χ4v) is 1.09. The van der Waals surface area contributed by atoms with Gasteiger partial charge in [-0.05, 0) is 12.8 Å². The number of nitrogens with zero attached hydrogens (tertiary/aromatic N) is 1. The maximum Gasteiger partial charge on any atom is 0.0958 e. The monoisotopic (exact) mass is 115 g/mol. The van der Waals surface area contributed by atoms with Crippen molar-refractivity contribution in [3.8, 4) is 0 Å². The van der Waals surface area contributed by atoms with Gasteiger partial charge in [0.25, 0.3) is 0 Å². The molecule has 8 heavy (non-hydrogen) atoms. The molecule has 48 valence electrons. The first-order valence-electron chi connectivity index (χ1n) is 3.29. The van der Waals surface area contributed by atoms with Crippen molar-refractivity contribution in [1.82, 2.24) is 5.43 Å². The van der Waals surface area contributed by atoms with Gasteiger partial charge in [-0.15, -0.1) is 0 Å². The van der Waals surface area contributed by atoms with Crippen LogP contribution in [-0.4, -0.2) is 31.8 Å². The van der Waals surface area contributed by atoms with E-state index in [9.17, 15) is 0 Å². The topological polar surface area (TPSA) is 12.0 Å². The quantitative estimate of drug-likeness (QED) is 0.449. The third-order valence-corrected chi connectivity index (χ3v) is 1.68. The average Bonchev–Trinajstić information content (AvgIpc) is 1.65. The van der Waals surface area contributed by atoms with E-state index in [-0.39, 0.29) is 0 Å². The highest BCUT2D eigenvalue weighted by Gasteiger charge is 2.17. The van der Waals surface area contributed by atoms with Crippen LogP contribution in [-0.2, 0) is 0 Å². The molecule has 0 amide bonds. The molecule has 2 nitrogen and oxygen atoms in total. The predicted molar refractivity (Wildman–Crippen MR) is 34.2 cm³/mol. The Bertz CT molecular complexity index is 70.6. The van der Waals surface area contributed by atoms with Crippen molar-refractivity contribution in [2.75, 3.05) is 27.2 Å².